The lowest BCUT2D eigenvalue weighted by Gasteiger charge is -2.37. The highest BCUT2D eigenvalue weighted by atomic mass is 15.1. The van der Waals surface area contributed by atoms with E-state index < -0.39 is 0 Å². The second-order valence-electron chi connectivity index (χ2n) is 5.18. The lowest BCUT2D eigenvalue weighted by atomic mass is 9.85. The first kappa shape index (κ1) is 10.3. The second-order valence-corrected chi connectivity index (χ2v) is 5.18. The third kappa shape index (κ3) is 2.23. The van der Waals surface area contributed by atoms with Gasteiger partial charge in [-0.3, -0.25) is 0 Å². The first-order chi connectivity index (χ1) is 7.08. The summed E-state index contributed by atoms with van der Waals surface area (Å²) in [7, 11) is 2.18. The number of hydrogen-bond donors (Lipinski definition) is 0. The van der Waals surface area contributed by atoms with E-state index in [9.17, 15) is 0 Å². The number of hydrogen-bond acceptors (Lipinski definition) is 1. The van der Waals surface area contributed by atoms with Gasteiger partial charge >= 0.3 is 0 Å². The molecule has 2 rings (SSSR count). The Morgan fingerprint density at radius 1 is 1.13 bits per heavy atom. The monoisotopic (exact) mass is 201 g/mol. The number of allylic oxidation sites excluding steroid dienone is 1. The van der Waals surface area contributed by atoms with Crippen LogP contribution in [0.5, 0.6) is 0 Å². The van der Waals surface area contributed by atoms with Gasteiger partial charge in [0.2, 0.25) is 0 Å². The maximum absolute atomic E-state index is 2.36. The summed E-state index contributed by atoms with van der Waals surface area (Å²) in [6, 6.07) is 10.6. The molecule has 80 valence electrons. The van der Waals surface area contributed by atoms with Crippen LogP contribution in [-0.4, -0.2) is 18.5 Å². The fourth-order valence-electron chi connectivity index (χ4n) is 2.27. The lowest BCUT2D eigenvalue weighted by molar-refractivity contribution is 0.255. The first-order valence-electron chi connectivity index (χ1n) is 5.55. The van der Waals surface area contributed by atoms with E-state index in [-0.39, 0.29) is 0 Å². The second kappa shape index (κ2) is 3.73. The molecule has 0 aliphatic carbocycles. The average Bonchev–Trinajstić information content (AvgIpc) is 2.17. The molecule has 0 radical (unpaired) electrons. The zero-order valence-electron chi connectivity index (χ0n) is 9.83. The fourth-order valence-corrected chi connectivity index (χ4v) is 2.27. The van der Waals surface area contributed by atoms with Gasteiger partial charge in [0.15, 0.2) is 0 Å². The molecule has 0 atom stereocenters. The van der Waals surface area contributed by atoms with Crippen molar-refractivity contribution in [1.82, 2.24) is 4.90 Å². The minimum absolute atomic E-state index is 0.410. The van der Waals surface area contributed by atoms with Crippen LogP contribution in [0, 0.1) is 5.41 Å². The van der Waals surface area contributed by atoms with E-state index in [0.29, 0.717) is 5.41 Å². The van der Waals surface area contributed by atoms with Crippen LogP contribution < -0.4 is 0 Å². The molecule has 0 N–H and O–H groups in total. The average molecular weight is 201 g/mol. The summed E-state index contributed by atoms with van der Waals surface area (Å²) >= 11 is 0. The van der Waals surface area contributed by atoms with Gasteiger partial charge in [-0.05, 0) is 17.4 Å². The molecule has 15 heavy (non-hydrogen) atoms. The van der Waals surface area contributed by atoms with E-state index in [1.54, 1.807) is 0 Å². The van der Waals surface area contributed by atoms with Gasteiger partial charge in [0.05, 0.1) is 0 Å². The van der Waals surface area contributed by atoms with Crippen molar-refractivity contribution >= 4 is 5.70 Å². The van der Waals surface area contributed by atoms with Gasteiger partial charge in [-0.2, -0.15) is 0 Å². The highest BCUT2D eigenvalue weighted by Gasteiger charge is 2.25. The molecule has 0 saturated carbocycles. The van der Waals surface area contributed by atoms with E-state index in [1.165, 1.54) is 17.7 Å². The lowest BCUT2D eigenvalue weighted by Crippen LogP contribution is -2.33. The van der Waals surface area contributed by atoms with Gasteiger partial charge in [0.25, 0.3) is 0 Å². The van der Waals surface area contributed by atoms with E-state index in [1.807, 2.05) is 0 Å². The smallest absolute Gasteiger partial charge is 0.0397 e. The van der Waals surface area contributed by atoms with Gasteiger partial charge < -0.3 is 4.90 Å². The standard InChI is InChI=1S/C14H19N/c1-14(2)10-9-13(15(3)11-14)12-7-5-4-6-8-12/h4-9H,10-11H2,1-3H3. The molecular weight excluding hydrogens is 182 g/mol. The van der Waals surface area contributed by atoms with Crippen molar-refractivity contribution < 1.29 is 0 Å². The van der Waals surface area contributed by atoms with Crippen molar-refractivity contribution in [2.75, 3.05) is 13.6 Å². The number of benzene rings is 1. The molecule has 0 fully saturated rings. The van der Waals surface area contributed by atoms with Crippen LogP contribution in [0.3, 0.4) is 0 Å². The van der Waals surface area contributed by atoms with Crippen LogP contribution in [0.15, 0.2) is 36.4 Å². The Labute approximate surface area is 92.4 Å². The van der Waals surface area contributed by atoms with Crippen molar-refractivity contribution in [2.24, 2.45) is 5.41 Å². The molecule has 0 bridgehead atoms. The highest BCUT2D eigenvalue weighted by Crippen LogP contribution is 2.32. The molecule has 0 spiro atoms. The van der Waals surface area contributed by atoms with Crippen molar-refractivity contribution in [3.8, 4) is 0 Å². The number of nitrogens with zero attached hydrogens (tertiary/aromatic N) is 1. The first-order valence-corrected chi connectivity index (χ1v) is 5.55. The van der Waals surface area contributed by atoms with Gasteiger partial charge in [-0.1, -0.05) is 50.3 Å². The van der Waals surface area contributed by atoms with Crippen molar-refractivity contribution in [1.29, 1.82) is 0 Å². The van der Waals surface area contributed by atoms with Crippen LogP contribution in [0.2, 0.25) is 0 Å². The summed E-state index contributed by atoms with van der Waals surface area (Å²) < 4.78 is 0. The summed E-state index contributed by atoms with van der Waals surface area (Å²) in [5.41, 5.74) is 3.11. The quantitative estimate of drug-likeness (QED) is 0.673. The molecule has 1 aromatic rings. The third-order valence-electron chi connectivity index (χ3n) is 2.99. The van der Waals surface area contributed by atoms with Crippen LogP contribution in [0.1, 0.15) is 25.8 Å². The summed E-state index contributed by atoms with van der Waals surface area (Å²) in [4.78, 5) is 2.36. The molecule has 1 aliphatic rings. The Morgan fingerprint density at radius 3 is 2.40 bits per heavy atom. The molecule has 0 unspecified atom stereocenters. The Morgan fingerprint density at radius 2 is 1.80 bits per heavy atom. The van der Waals surface area contributed by atoms with Crippen molar-refractivity contribution in [2.45, 2.75) is 20.3 Å². The van der Waals surface area contributed by atoms with Gasteiger partial charge in [0.1, 0.15) is 0 Å². The highest BCUT2D eigenvalue weighted by molar-refractivity contribution is 5.64. The van der Waals surface area contributed by atoms with Gasteiger partial charge in [0, 0.05) is 19.3 Å². The van der Waals surface area contributed by atoms with Gasteiger partial charge in [-0.15, -0.1) is 0 Å². The maximum Gasteiger partial charge on any atom is 0.0397 e. The van der Waals surface area contributed by atoms with Gasteiger partial charge in [-0.25, -0.2) is 0 Å². The van der Waals surface area contributed by atoms with Crippen LogP contribution in [0.4, 0.5) is 0 Å². The molecule has 1 heteroatoms. The predicted molar refractivity (Wildman–Crippen MR) is 65.4 cm³/mol. The Balaban J connectivity index is 2.28. The van der Waals surface area contributed by atoms with Crippen molar-refractivity contribution in [3.05, 3.63) is 42.0 Å². The normalized spacial score (nSPS) is 19.9. The zero-order chi connectivity index (χ0) is 10.9. The summed E-state index contributed by atoms with van der Waals surface area (Å²) in [6.45, 7) is 5.78. The Hall–Kier alpha value is -1.24. The minimum atomic E-state index is 0.410. The van der Waals surface area contributed by atoms with Crippen LogP contribution in [0.25, 0.3) is 5.70 Å². The third-order valence-corrected chi connectivity index (χ3v) is 2.99. The van der Waals surface area contributed by atoms with Crippen molar-refractivity contribution in [3.63, 3.8) is 0 Å². The Kier molecular flexibility index (Phi) is 2.56. The van der Waals surface area contributed by atoms with E-state index in [4.69, 9.17) is 0 Å². The largest absolute Gasteiger partial charge is 0.374 e. The SMILES string of the molecule is CN1CC(C)(C)CC=C1c1ccccc1. The topological polar surface area (TPSA) is 3.24 Å². The molecule has 1 aliphatic heterocycles. The molecule has 0 saturated heterocycles. The molecule has 0 amide bonds. The molecule has 1 aromatic carbocycles. The molecule has 1 nitrogen and oxygen atoms in total. The van der Waals surface area contributed by atoms with E-state index in [2.05, 4.69) is 62.2 Å². The minimum Gasteiger partial charge on any atom is -0.374 e. The van der Waals surface area contributed by atoms with Crippen LogP contribution in [-0.2, 0) is 0 Å². The molecule has 0 aromatic heterocycles. The van der Waals surface area contributed by atoms with E-state index in [0.717, 1.165) is 6.54 Å². The predicted octanol–water partition coefficient (Wildman–Crippen LogP) is 3.39. The van der Waals surface area contributed by atoms with Crippen LogP contribution >= 0.6 is 0 Å². The number of rotatable bonds is 1. The fraction of sp³-hybridized carbons (Fsp3) is 0.429. The van der Waals surface area contributed by atoms with E-state index >= 15 is 0 Å². The Bertz CT molecular complexity index is 362. The maximum atomic E-state index is 2.36. The zero-order valence-corrected chi connectivity index (χ0v) is 9.83. The summed E-state index contributed by atoms with van der Waals surface area (Å²) in [5, 5.41) is 0. The molecule has 1 heterocycles. The molecular formula is C14H19N. The summed E-state index contributed by atoms with van der Waals surface area (Å²) in [5.74, 6) is 0. The summed E-state index contributed by atoms with van der Waals surface area (Å²) in [6.07, 6.45) is 3.53.